The Labute approximate surface area is 181 Å². The third-order valence-electron chi connectivity index (χ3n) is 4.81. The second-order valence-corrected chi connectivity index (χ2v) is 8.60. The van der Waals surface area contributed by atoms with E-state index < -0.39 is 17.8 Å². The minimum atomic E-state index is -0.627. The van der Waals surface area contributed by atoms with Crippen LogP contribution in [0, 0.1) is 0 Å². The minimum absolute atomic E-state index is 0.191. The Bertz CT molecular complexity index is 1010. The van der Waals surface area contributed by atoms with Crippen LogP contribution in [0.15, 0.2) is 36.4 Å². The fourth-order valence-corrected chi connectivity index (χ4v) is 3.35. The summed E-state index contributed by atoms with van der Waals surface area (Å²) in [5.41, 5.74) is 1.69. The van der Waals surface area contributed by atoms with Gasteiger partial charge in [-0.25, -0.2) is 4.79 Å². The molecule has 164 valence electrons. The Morgan fingerprint density at radius 1 is 1.06 bits per heavy atom. The number of carbonyl (C=O) groups is 2. The van der Waals surface area contributed by atoms with Gasteiger partial charge in [-0.05, 0) is 63.1 Å². The first kappa shape index (κ1) is 20.8. The SMILES string of the molecule is CC1Oc2ccc(CN(Cc3ccc4c(c3)OCO4)C(=O)OC(C)(C)C)cc2NC1=O. The third kappa shape index (κ3) is 4.84. The lowest BCUT2D eigenvalue weighted by molar-refractivity contribution is -0.122. The molecule has 0 spiro atoms. The first-order chi connectivity index (χ1) is 14.7. The van der Waals surface area contributed by atoms with Crippen molar-refractivity contribution in [3.05, 3.63) is 47.5 Å². The summed E-state index contributed by atoms with van der Waals surface area (Å²) < 4.78 is 22.0. The van der Waals surface area contributed by atoms with Crippen LogP contribution in [0.5, 0.6) is 17.2 Å². The number of hydrogen-bond acceptors (Lipinski definition) is 6. The van der Waals surface area contributed by atoms with Crippen molar-refractivity contribution >= 4 is 17.7 Å². The molecule has 2 aliphatic rings. The number of fused-ring (bicyclic) bond motifs is 2. The van der Waals surface area contributed by atoms with E-state index in [1.54, 1.807) is 17.9 Å². The van der Waals surface area contributed by atoms with Gasteiger partial charge in [-0.3, -0.25) is 9.69 Å². The fourth-order valence-electron chi connectivity index (χ4n) is 3.35. The van der Waals surface area contributed by atoms with Gasteiger partial charge in [0.05, 0.1) is 5.69 Å². The number of hydrogen-bond donors (Lipinski definition) is 1. The normalized spacial score (nSPS) is 16.8. The average molecular weight is 426 g/mol. The van der Waals surface area contributed by atoms with Gasteiger partial charge in [0.1, 0.15) is 11.4 Å². The van der Waals surface area contributed by atoms with Gasteiger partial charge in [-0.1, -0.05) is 12.1 Å². The summed E-state index contributed by atoms with van der Waals surface area (Å²) in [6.45, 7) is 7.99. The summed E-state index contributed by atoms with van der Waals surface area (Å²) in [5.74, 6) is 1.75. The van der Waals surface area contributed by atoms with Gasteiger partial charge in [0.15, 0.2) is 17.6 Å². The van der Waals surface area contributed by atoms with Crippen LogP contribution in [0.1, 0.15) is 38.8 Å². The van der Waals surface area contributed by atoms with Crippen molar-refractivity contribution in [2.75, 3.05) is 12.1 Å². The number of amides is 2. The van der Waals surface area contributed by atoms with Gasteiger partial charge >= 0.3 is 6.09 Å². The van der Waals surface area contributed by atoms with Gasteiger partial charge in [0.25, 0.3) is 5.91 Å². The van der Waals surface area contributed by atoms with Crippen LogP contribution < -0.4 is 19.5 Å². The molecule has 1 unspecified atom stereocenters. The third-order valence-corrected chi connectivity index (χ3v) is 4.81. The predicted octanol–water partition coefficient (Wildman–Crippen LogP) is 4.07. The summed E-state index contributed by atoms with van der Waals surface area (Å²) in [7, 11) is 0. The van der Waals surface area contributed by atoms with Crippen LogP contribution >= 0.6 is 0 Å². The smallest absolute Gasteiger partial charge is 0.410 e. The van der Waals surface area contributed by atoms with Crippen LogP contribution in [0.3, 0.4) is 0 Å². The molecule has 1 atom stereocenters. The van der Waals surface area contributed by atoms with E-state index in [-0.39, 0.29) is 12.7 Å². The molecule has 0 aliphatic carbocycles. The number of nitrogens with one attached hydrogen (secondary N) is 1. The summed E-state index contributed by atoms with van der Waals surface area (Å²) in [6, 6.07) is 11.1. The highest BCUT2D eigenvalue weighted by Gasteiger charge is 2.26. The maximum absolute atomic E-state index is 12.9. The molecule has 31 heavy (non-hydrogen) atoms. The van der Waals surface area contributed by atoms with Gasteiger partial charge < -0.3 is 24.3 Å². The number of carbonyl (C=O) groups excluding carboxylic acids is 2. The summed E-state index contributed by atoms with van der Waals surface area (Å²) >= 11 is 0. The molecule has 8 nitrogen and oxygen atoms in total. The second kappa shape index (κ2) is 8.02. The van der Waals surface area contributed by atoms with Crippen LogP contribution in [0.2, 0.25) is 0 Å². The van der Waals surface area contributed by atoms with E-state index >= 15 is 0 Å². The zero-order chi connectivity index (χ0) is 22.2. The number of nitrogens with zero attached hydrogens (tertiary/aromatic N) is 1. The Balaban J connectivity index is 1.56. The molecular weight excluding hydrogens is 400 g/mol. The predicted molar refractivity (Wildman–Crippen MR) is 113 cm³/mol. The molecule has 2 aromatic rings. The molecule has 2 aromatic carbocycles. The first-order valence-corrected chi connectivity index (χ1v) is 10.1. The second-order valence-electron chi connectivity index (χ2n) is 8.60. The van der Waals surface area contributed by atoms with Crippen molar-refractivity contribution in [1.29, 1.82) is 0 Å². The lowest BCUT2D eigenvalue weighted by Gasteiger charge is -2.28. The Morgan fingerprint density at radius 2 is 1.71 bits per heavy atom. The molecular formula is C23H26N2O6. The molecule has 0 bridgehead atoms. The largest absolute Gasteiger partial charge is 0.479 e. The van der Waals surface area contributed by atoms with Crippen molar-refractivity contribution in [2.45, 2.75) is 52.5 Å². The highest BCUT2D eigenvalue weighted by molar-refractivity contribution is 5.97. The molecule has 0 fully saturated rings. The van der Waals surface area contributed by atoms with Crippen LogP contribution in [-0.4, -0.2) is 35.4 Å². The molecule has 4 rings (SSSR count). The fraction of sp³-hybridized carbons (Fsp3) is 0.391. The van der Waals surface area contributed by atoms with E-state index in [0.29, 0.717) is 36.0 Å². The van der Waals surface area contributed by atoms with E-state index in [9.17, 15) is 9.59 Å². The number of ether oxygens (including phenoxy) is 4. The van der Waals surface area contributed by atoms with Crippen LogP contribution in [0.25, 0.3) is 0 Å². The highest BCUT2D eigenvalue weighted by atomic mass is 16.7. The van der Waals surface area contributed by atoms with Gasteiger partial charge in [-0.2, -0.15) is 0 Å². The summed E-state index contributed by atoms with van der Waals surface area (Å²) in [6.07, 6.45) is -0.973. The van der Waals surface area contributed by atoms with Crippen LogP contribution in [-0.2, 0) is 22.6 Å². The molecule has 2 amide bonds. The molecule has 8 heteroatoms. The monoisotopic (exact) mass is 426 g/mol. The van der Waals surface area contributed by atoms with Crippen molar-refractivity contribution < 1.29 is 28.5 Å². The lowest BCUT2D eigenvalue weighted by Crippen LogP contribution is -2.36. The van der Waals surface area contributed by atoms with E-state index in [1.807, 2.05) is 51.1 Å². The molecule has 2 aliphatic heterocycles. The van der Waals surface area contributed by atoms with Gasteiger partial charge in [0.2, 0.25) is 6.79 Å². The first-order valence-electron chi connectivity index (χ1n) is 10.1. The topological polar surface area (TPSA) is 86.3 Å². The number of rotatable bonds is 4. The van der Waals surface area contributed by atoms with Crippen molar-refractivity contribution in [2.24, 2.45) is 0 Å². The number of anilines is 1. The van der Waals surface area contributed by atoms with Crippen molar-refractivity contribution in [3.8, 4) is 17.2 Å². The summed E-state index contributed by atoms with van der Waals surface area (Å²) in [4.78, 5) is 26.5. The maximum Gasteiger partial charge on any atom is 0.410 e. The van der Waals surface area contributed by atoms with Crippen molar-refractivity contribution in [1.82, 2.24) is 4.90 Å². The maximum atomic E-state index is 12.9. The Morgan fingerprint density at radius 3 is 2.42 bits per heavy atom. The molecule has 2 heterocycles. The highest BCUT2D eigenvalue weighted by Crippen LogP contribution is 2.34. The standard InChI is InChI=1S/C23H26N2O6/c1-14-21(26)24-17-9-15(5-7-18(17)30-14)11-25(22(27)31-23(2,3)4)12-16-6-8-19-20(10-16)29-13-28-19/h5-10,14H,11-13H2,1-4H3,(H,24,26). The lowest BCUT2D eigenvalue weighted by atomic mass is 10.1. The summed E-state index contributed by atoms with van der Waals surface area (Å²) in [5, 5.41) is 2.84. The van der Waals surface area contributed by atoms with Gasteiger partial charge in [0, 0.05) is 13.1 Å². The van der Waals surface area contributed by atoms with E-state index in [1.165, 1.54) is 0 Å². The van der Waals surface area contributed by atoms with E-state index in [2.05, 4.69) is 5.32 Å². The Hall–Kier alpha value is -3.42. The number of benzene rings is 2. The zero-order valence-corrected chi connectivity index (χ0v) is 18.1. The molecule has 0 saturated heterocycles. The van der Waals surface area contributed by atoms with Crippen molar-refractivity contribution in [3.63, 3.8) is 0 Å². The molecule has 0 aromatic heterocycles. The Kier molecular flexibility index (Phi) is 5.39. The quantitative estimate of drug-likeness (QED) is 0.793. The van der Waals surface area contributed by atoms with E-state index in [0.717, 1.165) is 11.1 Å². The average Bonchev–Trinajstić information content (AvgIpc) is 3.15. The van der Waals surface area contributed by atoms with E-state index in [4.69, 9.17) is 18.9 Å². The molecule has 1 N–H and O–H groups in total. The van der Waals surface area contributed by atoms with Gasteiger partial charge in [-0.15, -0.1) is 0 Å². The zero-order valence-electron chi connectivity index (χ0n) is 18.1. The molecule has 0 radical (unpaired) electrons. The minimum Gasteiger partial charge on any atom is -0.479 e. The molecule has 0 saturated carbocycles. The van der Waals surface area contributed by atoms with Crippen LogP contribution in [0.4, 0.5) is 10.5 Å².